The fourth-order valence-electron chi connectivity index (χ4n) is 0.671. The van der Waals surface area contributed by atoms with Gasteiger partial charge in [0.15, 0.2) is 0 Å². The summed E-state index contributed by atoms with van der Waals surface area (Å²) in [5.41, 5.74) is 0. The number of nitrogens with zero attached hydrogens (tertiary/aromatic N) is 1. The number of hydrogen-bond acceptors (Lipinski definition) is 2. The summed E-state index contributed by atoms with van der Waals surface area (Å²) in [6.07, 6.45) is 0.310. The van der Waals surface area contributed by atoms with Crippen LogP contribution in [0.5, 0.6) is 0 Å². The van der Waals surface area contributed by atoms with Crippen molar-refractivity contribution >= 4 is 0 Å². The molecule has 0 heterocycles. The monoisotopic (exact) mass is 131 g/mol. The van der Waals surface area contributed by atoms with E-state index in [-0.39, 0.29) is 0 Å². The van der Waals surface area contributed by atoms with Crippen molar-refractivity contribution in [3.8, 4) is 0 Å². The van der Waals surface area contributed by atoms with Gasteiger partial charge in [0, 0.05) is 13.1 Å². The molecule has 0 rings (SSSR count). The molecule has 0 radical (unpaired) electrons. The van der Waals surface area contributed by atoms with Gasteiger partial charge in [0.2, 0.25) is 0 Å². The summed E-state index contributed by atoms with van der Waals surface area (Å²) in [7, 11) is 0. The molecule has 0 aliphatic heterocycles. The molecule has 2 heteroatoms. The molecule has 0 spiro atoms. The van der Waals surface area contributed by atoms with Gasteiger partial charge >= 0.3 is 0 Å². The van der Waals surface area contributed by atoms with Gasteiger partial charge in [-0.1, -0.05) is 13.8 Å². The lowest BCUT2D eigenvalue weighted by Gasteiger charge is -2.20. The molecule has 0 unspecified atom stereocenters. The summed E-state index contributed by atoms with van der Waals surface area (Å²) >= 11 is 0. The van der Waals surface area contributed by atoms with Gasteiger partial charge in [-0.2, -0.15) is 5.06 Å². The van der Waals surface area contributed by atoms with Crippen molar-refractivity contribution in [3.63, 3.8) is 0 Å². The van der Waals surface area contributed by atoms with E-state index in [1.807, 2.05) is 18.9 Å². The second kappa shape index (κ2) is 4.77. The fourth-order valence-corrected chi connectivity index (χ4v) is 0.671. The van der Waals surface area contributed by atoms with Crippen LogP contribution in [-0.4, -0.2) is 24.3 Å². The van der Waals surface area contributed by atoms with Gasteiger partial charge in [-0.15, -0.1) is 0 Å². The van der Waals surface area contributed by atoms with E-state index in [0.29, 0.717) is 6.10 Å². The minimum absolute atomic E-state index is 0.310. The van der Waals surface area contributed by atoms with E-state index in [4.69, 9.17) is 4.84 Å². The Morgan fingerprint density at radius 2 is 1.67 bits per heavy atom. The van der Waals surface area contributed by atoms with Crippen LogP contribution in [0.1, 0.15) is 27.7 Å². The molecule has 9 heavy (non-hydrogen) atoms. The Labute approximate surface area is 57.8 Å². The molecule has 0 bridgehead atoms. The summed E-state index contributed by atoms with van der Waals surface area (Å²) in [4.78, 5) is 5.38. The third-order valence-corrected chi connectivity index (χ3v) is 1.07. The average Bonchev–Trinajstić information content (AvgIpc) is 1.82. The molecular formula is C7H17NO. The molecule has 0 saturated heterocycles. The molecule has 0 fully saturated rings. The van der Waals surface area contributed by atoms with Crippen LogP contribution in [0.15, 0.2) is 0 Å². The third-order valence-electron chi connectivity index (χ3n) is 1.07. The first kappa shape index (κ1) is 8.92. The zero-order chi connectivity index (χ0) is 7.28. The quantitative estimate of drug-likeness (QED) is 0.538. The van der Waals surface area contributed by atoms with E-state index < -0.39 is 0 Å². The van der Waals surface area contributed by atoms with Crippen LogP contribution in [0.2, 0.25) is 0 Å². The van der Waals surface area contributed by atoms with Crippen molar-refractivity contribution in [2.24, 2.45) is 0 Å². The largest absolute Gasteiger partial charge is 0.296 e. The SMILES string of the molecule is CCN(CC)OC(C)C. The summed E-state index contributed by atoms with van der Waals surface area (Å²) < 4.78 is 0. The van der Waals surface area contributed by atoms with Gasteiger partial charge in [0.25, 0.3) is 0 Å². The van der Waals surface area contributed by atoms with Crippen molar-refractivity contribution in [2.45, 2.75) is 33.8 Å². The van der Waals surface area contributed by atoms with E-state index in [2.05, 4.69) is 13.8 Å². The van der Waals surface area contributed by atoms with Crippen molar-refractivity contribution in [1.29, 1.82) is 0 Å². The maximum Gasteiger partial charge on any atom is 0.0737 e. The Hall–Kier alpha value is -0.0800. The Bertz CT molecular complexity index is 59.9. The van der Waals surface area contributed by atoms with Gasteiger partial charge in [-0.25, -0.2) is 0 Å². The molecule has 0 aliphatic carbocycles. The first-order valence-electron chi connectivity index (χ1n) is 3.62. The molecule has 0 saturated carbocycles. The highest BCUT2D eigenvalue weighted by Gasteiger charge is 1.99. The second-order valence-corrected chi connectivity index (χ2v) is 2.27. The minimum Gasteiger partial charge on any atom is -0.296 e. The minimum atomic E-state index is 0.310. The fraction of sp³-hybridized carbons (Fsp3) is 1.00. The highest BCUT2D eigenvalue weighted by Crippen LogP contribution is 1.94. The Morgan fingerprint density at radius 3 is 1.78 bits per heavy atom. The Balaban J connectivity index is 3.31. The van der Waals surface area contributed by atoms with Gasteiger partial charge in [-0.3, -0.25) is 4.84 Å². The lowest BCUT2D eigenvalue weighted by molar-refractivity contribution is -0.181. The maximum absolute atomic E-state index is 5.38. The second-order valence-electron chi connectivity index (χ2n) is 2.27. The van der Waals surface area contributed by atoms with E-state index in [1.54, 1.807) is 0 Å². The van der Waals surface area contributed by atoms with Crippen molar-refractivity contribution in [1.82, 2.24) is 5.06 Å². The van der Waals surface area contributed by atoms with Crippen LogP contribution in [0, 0.1) is 0 Å². The lowest BCUT2D eigenvalue weighted by Crippen LogP contribution is -2.26. The molecule has 56 valence electrons. The first-order chi connectivity index (χ1) is 4.20. The molecule has 2 nitrogen and oxygen atoms in total. The smallest absolute Gasteiger partial charge is 0.0737 e. The summed E-state index contributed by atoms with van der Waals surface area (Å²) in [5.74, 6) is 0. The average molecular weight is 131 g/mol. The predicted octanol–water partition coefficient (Wildman–Crippen LogP) is 1.67. The summed E-state index contributed by atoms with van der Waals surface area (Å²) in [5, 5.41) is 1.95. The topological polar surface area (TPSA) is 12.5 Å². The van der Waals surface area contributed by atoms with Gasteiger partial charge < -0.3 is 0 Å². The van der Waals surface area contributed by atoms with Gasteiger partial charge in [-0.05, 0) is 13.8 Å². The normalized spacial score (nSPS) is 11.3. The molecule has 0 amide bonds. The van der Waals surface area contributed by atoms with Gasteiger partial charge in [0.05, 0.1) is 6.10 Å². The molecule has 0 aromatic heterocycles. The van der Waals surface area contributed by atoms with Crippen LogP contribution >= 0.6 is 0 Å². The predicted molar refractivity (Wildman–Crippen MR) is 39.1 cm³/mol. The maximum atomic E-state index is 5.38. The summed E-state index contributed by atoms with van der Waals surface area (Å²) in [6.45, 7) is 10.2. The van der Waals surface area contributed by atoms with E-state index >= 15 is 0 Å². The van der Waals surface area contributed by atoms with Crippen molar-refractivity contribution < 1.29 is 4.84 Å². The van der Waals surface area contributed by atoms with Crippen LogP contribution in [-0.2, 0) is 4.84 Å². The number of hydroxylamine groups is 2. The van der Waals surface area contributed by atoms with Crippen LogP contribution in [0.3, 0.4) is 0 Å². The Morgan fingerprint density at radius 1 is 1.22 bits per heavy atom. The van der Waals surface area contributed by atoms with Gasteiger partial charge in [0.1, 0.15) is 0 Å². The van der Waals surface area contributed by atoms with E-state index in [0.717, 1.165) is 13.1 Å². The van der Waals surface area contributed by atoms with E-state index in [9.17, 15) is 0 Å². The highest BCUT2D eigenvalue weighted by molar-refractivity contribution is 4.37. The molecular weight excluding hydrogens is 114 g/mol. The zero-order valence-electron chi connectivity index (χ0n) is 6.85. The molecule has 0 atom stereocenters. The number of hydrogen-bond donors (Lipinski definition) is 0. The lowest BCUT2D eigenvalue weighted by atomic mass is 10.5. The number of rotatable bonds is 4. The Kier molecular flexibility index (Phi) is 4.72. The summed E-state index contributed by atoms with van der Waals surface area (Å²) in [6, 6.07) is 0. The van der Waals surface area contributed by atoms with E-state index in [1.165, 1.54) is 0 Å². The molecule has 0 N–H and O–H groups in total. The van der Waals surface area contributed by atoms with Crippen molar-refractivity contribution in [2.75, 3.05) is 13.1 Å². The van der Waals surface area contributed by atoms with Crippen molar-refractivity contribution in [3.05, 3.63) is 0 Å². The van der Waals surface area contributed by atoms with Crippen LogP contribution in [0.4, 0.5) is 0 Å². The molecule has 0 aromatic carbocycles. The van der Waals surface area contributed by atoms with Crippen LogP contribution in [0.25, 0.3) is 0 Å². The third kappa shape index (κ3) is 4.43. The first-order valence-corrected chi connectivity index (χ1v) is 3.62. The standard InChI is InChI=1S/C7H17NO/c1-5-8(6-2)9-7(3)4/h7H,5-6H2,1-4H3. The zero-order valence-corrected chi connectivity index (χ0v) is 6.85. The van der Waals surface area contributed by atoms with Crippen LogP contribution < -0.4 is 0 Å². The highest BCUT2D eigenvalue weighted by atomic mass is 16.7. The molecule has 0 aromatic rings. The molecule has 0 aliphatic rings.